The first-order chi connectivity index (χ1) is 13.1. The van der Waals surface area contributed by atoms with Gasteiger partial charge in [0.2, 0.25) is 0 Å². The van der Waals surface area contributed by atoms with E-state index in [2.05, 4.69) is 4.90 Å². The normalized spacial score (nSPS) is 27.7. The number of amides is 1. The lowest BCUT2D eigenvalue weighted by atomic mass is 9.74. The molecule has 3 heterocycles. The third kappa shape index (κ3) is 3.68. The van der Waals surface area contributed by atoms with Gasteiger partial charge in [0.25, 0.3) is 5.91 Å². The van der Waals surface area contributed by atoms with Gasteiger partial charge in [-0.05, 0) is 75.8 Å². The minimum atomic E-state index is 0.130. The minimum absolute atomic E-state index is 0.130. The summed E-state index contributed by atoms with van der Waals surface area (Å²) in [5, 5.41) is 0. The molecule has 2 aliphatic heterocycles. The zero-order valence-corrected chi connectivity index (χ0v) is 16.5. The number of rotatable bonds is 7. The molecule has 1 atom stereocenters. The molecular formula is C22H32N2O3. The Morgan fingerprint density at radius 3 is 2.56 bits per heavy atom. The number of carbonyl (C=O) groups excluding carboxylic acids is 1. The van der Waals surface area contributed by atoms with E-state index in [4.69, 9.17) is 9.15 Å². The highest BCUT2D eigenvalue weighted by atomic mass is 16.5. The Morgan fingerprint density at radius 2 is 1.89 bits per heavy atom. The number of ether oxygens (including phenoxy) is 1. The molecule has 0 bridgehead atoms. The van der Waals surface area contributed by atoms with Gasteiger partial charge in [0.1, 0.15) is 5.76 Å². The van der Waals surface area contributed by atoms with Crippen LogP contribution in [0.5, 0.6) is 0 Å². The first-order valence-corrected chi connectivity index (χ1v) is 10.8. The second kappa shape index (κ2) is 6.93. The van der Waals surface area contributed by atoms with Gasteiger partial charge in [0.05, 0.1) is 17.4 Å². The van der Waals surface area contributed by atoms with Crippen LogP contribution in [0.4, 0.5) is 0 Å². The molecule has 1 amide bonds. The first-order valence-electron chi connectivity index (χ1n) is 10.8. The average Bonchev–Trinajstić information content (AvgIpc) is 3.55. The van der Waals surface area contributed by atoms with E-state index in [9.17, 15) is 4.79 Å². The Kier molecular flexibility index (Phi) is 4.55. The Hall–Kier alpha value is -1.33. The number of carbonyl (C=O) groups is 1. The molecule has 1 aromatic rings. The molecule has 148 valence electrons. The van der Waals surface area contributed by atoms with Crippen molar-refractivity contribution in [2.24, 2.45) is 17.8 Å². The zero-order valence-electron chi connectivity index (χ0n) is 16.5. The molecule has 4 aliphatic rings. The summed E-state index contributed by atoms with van der Waals surface area (Å²) in [5.74, 6) is 3.23. The van der Waals surface area contributed by atoms with Crippen molar-refractivity contribution in [3.63, 3.8) is 0 Å². The summed E-state index contributed by atoms with van der Waals surface area (Å²) >= 11 is 0. The molecule has 0 N–H and O–H groups in total. The largest absolute Gasteiger partial charge is 0.469 e. The third-order valence-corrected chi connectivity index (χ3v) is 7.07. The zero-order chi connectivity index (χ0) is 18.4. The van der Waals surface area contributed by atoms with Gasteiger partial charge in [-0.25, -0.2) is 0 Å². The molecule has 1 aromatic heterocycles. The fourth-order valence-electron chi connectivity index (χ4n) is 4.98. The molecular weight excluding hydrogens is 340 g/mol. The van der Waals surface area contributed by atoms with E-state index in [0.717, 1.165) is 49.5 Å². The van der Waals surface area contributed by atoms with Crippen LogP contribution in [0.1, 0.15) is 54.6 Å². The Bertz CT molecular complexity index is 685. The molecule has 2 aliphatic carbocycles. The monoisotopic (exact) mass is 372 g/mol. The minimum Gasteiger partial charge on any atom is -0.469 e. The van der Waals surface area contributed by atoms with Crippen LogP contribution in [0.15, 0.2) is 16.7 Å². The number of furan rings is 1. The molecule has 27 heavy (non-hydrogen) atoms. The highest BCUT2D eigenvalue weighted by Crippen LogP contribution is 2.43. The lowest BCUT2D eigenvalue weighted by Gasteiger charge is -2.59. The van der Waals surface area contributed by atoms with Gasteiger partial charge in [0, 0.05) is 32.8 Å². The van der Waals surface area contributed by atoms with E-state index in [1.807, 2.05) is 11.8 Å². The first kappa shape index (κ1) is 17.7. The van der Waals surface area contributed by atoms with Crippen molar-refractivity contribution in [2.45, 2.75) is 51.0 Å². The molecule has 0 radical (unpaired) electrons. The molecule has 0 aromatic carbocycles. The molecule has 5 heteroatoms. The summed E-state index contributed by atoms with van der Waals surface area (Å²) in [5.41, 5.74) is 0.903. The highest BCUT2D eigenvalue weighted by molar-refractivity contribution is 5.95. The fourth-order valence-corrected chi connectivity index (χ4v) is 4.98. The number of nitrogens with zero attached hydrogens (tertiary/aromatic N) is 2. The van der Waals surface area contributed by atoms with Crippen molar-refractivity contribution in [1.82, 2.24) is 9.80 Å². The van der Waals surface area contributed by atoms with Gasteiger partial charge < -0.3 is 14.1 Å². The number of piperidine rings is 1. The fraction of sp³-hybridized carbons (Fsp3) is 0.773. The van der Waals surface area contributed by atoms with E-state index in [1.165, 1.54) is 51.6 Å². The molecule has 0 unspecified atom stereocenters. The number of aryl methyl sites for hydroxylation is 1. The Balaban J connectivity index is 1.22. The van der Waals surface area contributed by atoms with Crippen molar-refractivity contribution in [2.75, 3.05) is 39.4 Å². The smallest absolute Gasteiger partial charge is 0.257 e. The summed E-state index contributed by atoms with van der Waals surface area (Å²) in [6, 6.07) is 1.81. The second-order valence-electron chi connectivity index (χ2n) is 9.51. The number of hydrogen-bond acceptors (Lipinski definition) is 4. The predicted molar refractivity (Wildman–Crippen MR) is 103 cm³/mol. The van der Waals surface area contributed by atoms with Crippen LogP contribution in [-0.4, -0.2) is 60.6 Å². The van der Waals surface area contributed by atoms with E-state index in [1.54, 1.807) is 12.3 Å². The number of likely N-dealkylation sites (tertiary alicyclic amines) is 2. The van der Waals surface area contributed by atoms with Gasteiger partial charge in [-0.3, -0.25) is 9.69 Å². The maximum Gasteiger partial charge on any atom is 0.257 e. The van der Waals surface area contributed by atoms with Crippen LogP contribution >= 0.6 is 0 Å². The molecule has 5 nitrogen and oxygen atoms in total. The molecule has 2 saturated heterocycles. The second-order valence-corrected chi connectivity index (χ2v) is 9.51. The van der Waals surface area contributed by atoms with Crippen LogP contribution in [-0.2, 0) is 4.74 Å². The molecule has 2 saturated carbocycles. The standard InChI is InChI=1S/C22H32N2O3/c1-16-20(7-9-27-16)21(25)23-14-22(15-23)10-19(13-26-12-18-4-5-18)6-8-24(22)11-17-2-3-17/h7,9,17-19H,2-6,8,10-15H2,1H3/t19-/m1/s1. The molecule has 5 rings (SSSR count). The quantitative estimate of drug-likeness (QED) is 0.736. The van der Waals surface area contributed by atoms with Crippen molar-refractivity contribution in [1.29, 1.82) is 0 Å². The summed E-state index contributed by atoms with van der Waals surface area (Å²) in [4.78, 5) is 17.6. The SMILES string of the molecule is Cc1occc1C(=O)N1CC2(C[C@H](COCC3CC3)CCN2CC2CC2)C1. The summed E-state index contributed by atoms with van der Waals surface area (Å²) in [6.07, 6.45) is 9.52. The van der Waals surface area contributed by atoms with Gasteiger partial charge in [-0.1, -0.05) is 0 Å². The van der Waals surface area contributed by atoms with Crippen LogP contribution in [0.2, 0.25) is 0 Å². The van der Waals surface area contributed by atoms with E-state index >= 15 is 0 Å². The van der Waals surface area contributed by atoms with Gasteiger partial charge in [-0.2, -0.15) is 0 Å². The predicted octanol–water partition coefficient (Wildman–Crippen LogP) is 3.33. The van der Waals surface area contributed by atoms with E-state index in [0.29, 0.717) is 5.92 Å². The summed E-state index contributed by atoms with van der Waals surface area (Å²) in [7, 11) is 0. The van der Waals surface area contributed by atoms with Gasteiger partial charge in [0.15, 0.2) is 0 Å². The van der Waals surface area contributed by atoms with Gasteiger partial charge >= 0.3 is 0 Å². The maximum absolute atomic E-state index is 12.8. The average molecular weight is 373 g/mol. The lowest BCUT2D eigenvalue weighted by Crippen LogP contribution is -2.73. The van der Waals surface area contributed by atoms with Gasteiger partial charge in [-0.15, -0.1) is 0 Å². The Labute approximate surface area is 162 Å². The molecule has 4 fully saturated rings. The topological polar surface area (TPSA) is 45.9 Å². The Morgan fingerprint density at radius 1 is 1.15 bits per heavy atom. The van der Waals surface area contributed by atoms with Crippen molar-refractivity contribution in [3.05, 3.63) is 23.7 Å². The van der Waals surface area contributed by atoms with Crippen LogP contribution in [0.3, 0.4) is 0 Å². The van der Waals surface area contributed by atoms with Crippen LogP contribution < -0.4 is 0 Å². The van der Waals surface area contributed by atoms with Crippen molar-refractivity contribution < 1.29 is 13.9 Å². The third-order valence-electron chi connectivity index (χ3n) is 7.07. The van der Waals surface area contributed by atoms with E-state index < -0.39 is 0 Å². The summed E-state index contributed by atoms with van der Waals surface area (Å²) in [6.45, 7) is 7.85. The molecule has 1 spiro atoms. The van der Waals surface area contributed by atoms with Crippen LogP contribution in [0.25, 0.3) is 0 Å². The van der Waals surface area contributed by atoms with Crippen molar-refractivity contribution in [3.8, 4) is 0 Å². The van der Waals surface area contributed by atoms with Crippen LogP contribution in [0, 0.1) is 24.7 Å². The number of hydrogen-bond donors (Lipinski definition) is 0. The van der Waals surface area contributed by atoms with Crippen molar-refractivity contribution >= 4 is 5.91 Å². The maximum atomic E-state index is 12.8. The lowest BCUT2D eigenvalue weighted by molar-refractivity contribution is -0.0896. The highest BCUT2D eigenvalue weighted by Gasteiger charge is 2.53. The van der Waals surface area contributed by atoms with E-state index in [-0.39, 0.29) is 11.4 Å². The summed E-state index contributed by atoms with van der Waals surface area (Å²) < 4.78 is 11.4.